The molecule has 1 aliphatic rings. The van der Waals surface area contributed by atoms with Gasteiger partial charge in [0.1, 0.15) is 6.04 Å². The van der Waals surface area contributed by atoms with Crippen LogP contribution >= 0.6 is 39.1 Å². The number of rotatable bonds is 3. The first kappa shape index (κ1) is 16.3. The van der Waals surface area contributed by atoms with E-state index in [1.54, 1.807) is 12.1 Å². The van der Waals surface area contributed by atoms with Crippen molar-refractivity contribution in [3.63, 3.8) is 0 Å². The molecule has 0 saturated carbocycles. The molecule has 0 bridgehead atoms. The van der Waals surface area contributed by atoms with E-state index in [9.17, 15) is 9.59 Å². The van der Waals surface area contributed by atoms with E-state index >= 15 is 0 Å². The van der Waals surface area contributed by atoms with Crippen LogP contribution in [-0.2, 0) is 9.59 Å². The number of amides is 2. The molecule has 1 fully saturated rings. The predicted octanol–water partition coefficient (Wildman–Crippen LogP) is 4.50. The highest BCUT2D eigenvalue weighted by Gasteiger charge is 2.40. The Morgan fingerprint density at radius 1 is 1.09 bits per heavy atom. The van der Waals surface area contributed by atoms with E-state index in [1.165, 1.54) is 6.07 Å². The van der Waals surface area contributed by atoms with E-state index < -0.39 is 6.04 Å². The quantitative estimate of drug-likeness (QED) is 0.753. The first-order chi connectivity index (χ1) is 11.0. The molecule has 0 spiro atoms. The topological polar surface area (TPSA) is 49.4 Å². The average Bonchev–Trinajstić information content (AvgIpc) is 2.77. The van der Waals surface area contributed by atoms with Gasteiger partial charge in [-0.25, -0.2) is 4.90 Å². The minimum atomic E-state index is -0.615. The summed E-state index contributed by atoms with van der Waals surface area (Å²) in [6.45, 7) is 0. The molecular formula is C16H11BrCl2N2O2. The summed E-state index contributed by atoms with van der Waals surface area (Å²) in [5.74, 6) is -0.629. The Labute approximate surface area is 151 Å². The van der Waals surface area contributed by atoms with Crippen LogP contribution in [0.15, 0.2) is 46.9 Å². The summed E-state index contributed by atoms with van der Waals surface area (Å²) in [6.07, 6.45) is 0.0772. The van der Waals surface area contributed by atoms with Crippen molar-refractivity contribution in [3.05, 3.63) is 57.0 Å². The molecule has 2 amide bonds. The molecule has 1 unspecified atom stereocenters. The van der Waals surface area contributed by atoms with Gasteiger partial charge in [0.2, 0.25) is 5.91 Å². The SMILES string of the molecule is O=C1CC(Nc2ccc(Br)cc2)C(=O)N1c1ccc(Cl)cc1Cl. The molecule has 2 aromatic carbocycles. The van der Waals surface area contributed by atoms with Crippen molar-refractivity contribution in [2.45, 2.75) is 12.5 Å². The second-order valence-electron chi connectivity index (χ2n) is 5.07. The Kier molecular flexibility index (Phi) is 4.62. The van der Waals surface area contributed by atoms with Crippen LogP contribution in [0.25, 0.3) is 0 Å². The van der Waals surface area contributed by atoms with Crippen LogP contribution in [0, 0.1) is 0 Å². The number of nitrogens with one attached hydrogen (secondary N) is 1. The van der Waals surface area contributed by atoms with Crippen molar-refractivity contribution in [3.8, 4) is 0 Å². The van der Waals surface area contributed by atoms with Crippen LogP contribution in [0.1, 0.15) is 6.42 Å². The highest BCUT2D eigenvalue weighted by atomic mass is 79.9. The average molecular weight is 414 g/mol. The molecule has 0 radical (unpaired) electrons. The lowest BCUT2D eigenvalue weighted by Gasteiger charge is -2.17. The van der Waals surface area contributed by atoms with Gasteiger partial charge in [0, 0.05) is 15.2 Å². The van der Waals surface area contributed by atoms with E-state index in [-0.39, 0.29) is 23.3 Å². The fourth-order valence-corrected chi connectivity index (χ4v) is 3.17. The van der Waals surface area contributed by atoms with Crippen molar-refractivity contribution < 1.29 is 9.59 Å². The maximum atomic E-state index is 12.6. The van der Waals surface area contributed by atoms with Gasteiger partial charge in [-0.3, -0.25) is 9.59 Å². The zero-order valence-electron chi connectivity index (χ0n) is 11.7. The number of imide groups is 1. The van der Waals surface area contributed by atoms with Crippen molar-refractivity contribution >= 4 is 62.3 Å². The van der Waals surface area contributed by atoms with Gasteiger partial charge >= 0.3 is 0 Å². The molecule has 1 N–H and O–H groups in total. The first-order valence-electron chi connectivity index (χ1n) is 6.79. The van der Waals surface area contributed by atoms with Gasteiger partial charge in [-0.15, -0.1) is 0 Å². The van der Waals surface area contributed by atoms with Crippen molar-refractivity contribution in [1.82, 2.24) is 0 Å². The summed E-state index contributed by atoms with van der Waals surface area (Å²) in [5, 5.41) is 3.79. The maximum absolute atomic E-state index is 12.6. The molecule has 1 saturated heterocycles. The van der Waals surface area contributed by atoms with Crippen LogP contribution in [0.5, 0.6) is 0 Å². The lowest BCUT2D eigenvalue weighted by atomic mass is 10.2. The standard InChI is InChI=1S/C16H11BrCl2N2O2/c17-9-1-4-11(5-2-9)20-13-8-15(22)21(16(13)23)14-6-3-10(18)7-12(14)19/h1-7,13,20H,8H2. The maximum Gasteiger partial charge on any atom is 0.256 e. The number of nitrogens with zero attached hydrogens (tertiary/aromatic N) is 1. The van der Waals surface area contributed by atoms with Crippen molar-refractivity contribution in [2.75, 3.05) is 10.2 Å². The molecule has 0 aromatic heterocycles. The molecule has 4 nitrogen and oxygen atoms in total. The third kappa shape index (κ3) is 3.37. The lowest BCUT2D eigenvalue weighted by molar-refractivity contribution is -0.121. The highest BCUT2D eigenvalue weighted by molar-refractivity contribution is 9.10. The van der Waals surface area contributed by atoms with E-state index in [2.05, 4.69) is 21.2 Å². The molecule has 7 heteroatoms. The fraction of sp³-hybridized carbons (Fsp3) is 0.125. The summed E-state index contributed by atoms with van der Waals surface area (Å²) < 4.78 is 0.937. The van der Waals surface area contributed by atoms with Gasteiger partial charge in [-0.05, 0) is 42.5 Å². The summed E-state index contributed by atoms with van der Waals surface area (Å²) in [6, 6.07) is 11.4. The number of carbonyl (C=O) groups excluding carboxylic acids is 2. The van der Waals surface area contributed by atoms with Crippen LogP contribution in [-0.4, -0.2) is 17.9 Å². The Balaban J connectivity index is 1.83. The monoisotopic (exact) mass is 412 g/mol. The Morgan fingerprint density at radius 3 is 2.43 bits per heavy atom. The number of hydrogen-bond acceptors (Lipinski definition) is 3. The van der Waals surface area contributed by atoms with Gasteiger partial charge in [-0.1, -0.05) is 39.1 Å². The molecule has 0 aliphatic carbocycles. The lowest BCUT2D eigenvalue weighted by Crippen LogP contribution is -2.35. The van der Waals surface area contributed by atoms with Crippen LogP contribution < -0.4 is 10.2 Å². The molecule has 118 valence electrons. The summed E-state index contributed by atoms with van der Waals surface area (Å²) in [5.41, 5.74) is 1.12. The molecule has 1 heterocycles. The van der Waals surface area contributed by atoms with E-state index in [0.29, 0.717) is 10.7 Å². The summed E-state index contributed by atoms with van der Waals surface area (Å²) in [4.78, 5) is 25.9. The van der Waals surface area contributed by atoms with E-state index in [0.717, 1.165) is 15.1 Å². The fourth-order valence-electron chi connectivity index (χ4n) is 2.41. The number of carbonyl (C=O) groups is 2. The minimum absolute atomic E-state index is 0.0772. The molecule has 1 aliphatic heterocycles. The van der Waals surface area contributed by atoms with E-state index in [4.69, 9.17) is 23.2 Å². The molecule has 1 atom stereocenters. The van der Waals surface area contributed by atoms with Crippen molar-refractivity contribution in [1.29, 1.82) is 0 Å². The Morgan fingerprint density at radius 2 is 1.78 bits per heavy atom. The van der Waals surface area contributed by atoms with Gasteiger partial charge in [0.25, 0.3) is 5.91 Å². The summed E-state index contributed by atoms with van der Waals surface area (Å²) >= 11 is 15.3. The number of anilines is 2. The predicted molar refractivity (Wildman–Crippen MR) is 95.1 cm³/mol. The van der Waals surface area contributed by atoms with Crippen molar-refractivity contribution in [2.24, 2.45) is 0 Å². The van der Waals surface area contributed by atoms with E-state index in [1.807, 2.05) is 24.3 Å². The Bertz CT molecular complexity index is 780. The largest absolute Gasteiger partial charge is 0.373 e. The number of benzene rings is 2. The third-order valence-electron chi connectivity index (χ3n) is 3.48. The second kappa shape index (κ2) is 6.51. The molecule has 2 aromatic rings. The smallest absolute Gasteiger partial charge is 0.256 e. The number of halogens is 3. The zero-order chi connectivity index (χ0) is 16.6. The van der Waals surface area contributed by atoms with Crippen LogP contribution in [0.3, 0.4) is 0 Å². The molecular weight excluding hydrogens is 403 g/mol. The van der Waals surface area contributed by atoms with Gasteiger partial charge in [-0.2, -0.15) is 0 Å². The van der Waals surface area contributed by atoms with Gasteiger partial charge < -0.3 is 5.32 Å². The number of hydrogen-bond donors (Lipinski definition) is 1. The van der Waals surface area contributed by atoms with Crippen LogP contribution in [0.2, 0.25) is 10.0 Å². The Hall–Kier alpha value is -1.56. The normalized spacial score (nSPS) is 17.7. The molecule has 3 rings (SSSR count). The van der Waals surface area contributed by atoms with Gasteiger partial charge in [0.15, 0.2) is 0 Å². The zero-order valence-corrected chi connectivity index (χ0v) is 14.8. The highest BCUT2D eigenvalue weighted by Crippen LogP contribution is 2.33. The second-order valence-corrected chi connectivity index (χ2v) is 6.83. The first-order valence-corrected chi connectivity index (χ1v) is 8.34. The third-order valence-corrected chi connectivity index (χ3v) is 4.55. The summed E-state index contributed by atoms with van der Waals surface area (Å²) in [7, 11) is 0. The minimum Gasteiger partial charge on any atom is -0.373 e. The molecule has 23 heavy (non-hydrogen) atoms. The van der Waals surface area contributed by atoms with Crippen LogP contribution in [0.4, 0.5) is 11.4 Å². The van der Waals surface area contributed by atoms with Gasteiger partial charge in [0.05, 0.1) is 17.1 Å².